The Morgan fingerprint density at radius 2 is 1.96 bits per heavy atom. The zero-order valence-corrected chi connectivity index (χ0v) is 16.0. The minimum absolute atomic E-state index is 0.0642. The van der Waals surface area contributed by atoms with Gasteiger partial charge in [-0.3, -0.25) is 4.79 Å². The summed E-state index contributed by atoms with van der Waals surface area (Å²) in [4.78, 5) is 25.7. The zero-order valence-electron chi connectivity index (χ0n) is 16.0. The molecule has 0 amide bonds. The minimum Gasteiger partial charge on any atom is -0.496 e. The maximum atomic E-state index is 12.9. The van der Waals surface area contributed by atoms with Gasteiger partial charge in [0.15, 0.2) is 5.78 Å². The standard InChI is InChI=1S/C21H25NO5/c1-13-18(21(24)27-12-11-25-2)19(14-7-4-5-10-17(14)26-3)20-15(22-13)8-6-9-16(20)23/h4-5,7,10,19,22H,6,8-9,11-12H2,1-3H3. The molecular formula is C21H25NO5. The number of ether oxygens (including phenoxy) is 3. The highest BCUT2D eigenvalue weighted by atomic mass is 16.6. The van der Waals surface area contributed by atoms with Gasteiger partial charge >= 0.3 is 5.97 Å². The first-order chi connectivity index (χ1) is 13.1. The predicted molar refractivity (Wildman–Crippen MR) is 100 cm³/mol. The van der Waals surface area contributed by atoms with Crippen LogP contribution in [0.5, 0.6) is 5.75 Å². The minimum atomic E-state index is -0.500. The number of hydrogen-bond acceptors (Lipinski definition) is 6. The number of rotatable bonds is 6. The molecule has 0 bridgehead atoms. The third kappa shape index (κ3) is 3.76. The number of carbonyl (C=O) groups excluding carboxylic acids is 2. The van der Waals surface area contributed by atoms with Crippen molar-refractivity contribution >= 4 is 11.8 Å². The third-order valence-corrected chi connectivity index (χ3v) is 4.97. The second-order valence-corrected chi connectivity index (χ2v) is 6.64. The van der Waals surface area contributed by atoms with E-state index in [0.717, 1.165) is 24.1 Å². The summed E-state index contributed by atoms with van der Waals surface area (Å²) in [6, 6.07) is 7.50. The molecule has 6 nitrogen and oxygen atoms in total. The second-order valence-electron chi connectivity index (χ2n) is 6.64. The fourth-order valence-corrected chi connectivity index (χ4v) is 3.77. The van der Waals surface area contributed by atoms with Crippen LogP contribution in [0.2, 0.25) is 0 Å². The van der Waals surface area contributed by atoms with E-state index in [1.807, 2.05) is 31.2 Å². The summed E-state index contributed by atoms with van der Waals surface area (Å²) < 4.78 is 15.9. The van der Waals surface area contributed by atoms with Crippen LogP contribution in [0.15, 0.2) is 46.8 Å². The van der Waals surface area contributed by atoms with Gasteiger partial charge in [0.25, 0.3) is 0 Å². The Morgan fingerprint density at radius 3 is 2.70 bits per heavy atom. The molecule has 1 atom stereocenters. The molecule has 27 heavy (non-hydrogen) atoms. The number of allylic oxidation sites excluding steroid dienone is 3. The number of benzene rings is 1. The Morgan fingerprint density at radius 1 is 1.19 bits per heavy atom. The van der Waals surface area contributed by atoms with Gasteiger partial charge in [0.05, 0.1) is 25.2 Å². The Hall–Kier alpha value is -2.60. The molecule has 0 spiro atoms. The molecule has 0 radical (unpaired) electrons. The van der Waals surface area contributed by atoms with Crippen molar-refractivity contribution in [2.24, 2.45) is 0 Å². The largest absolute Gasteiger partial charge is 0.496 e. The number of ketones is 1. The Bertz CT molecular complexity index is 809. The van der Waals surface area contributed by atoms with Crippen molar-refractivity contribution in [2.45, 2.75) is 32.1 Å². The summed E-state index contributed by atoms with van der Waals surface area (Å²) in [5.41, 5.74) is 3.50. The molecule has 1 N–H and O–H groups in total. The second kappa shape index (κ2) is 8.39. The van der Waals surface area contributed by atoms with Crippen molar-refractivity contribution in [3.63, 3.8) is 0 Å². The maximum Gasteiger partial charge on any atom is 0.336 e. The lowest BCUT2D eigenvalue weighted by molar-refractivity contribution is -0.140. The van der Waals surface area contributed by atoms with Gasteiger partial charge in [-0.25, -0.2) is 4.79 Å². The van der Waals surface area contributed by atoms with Crippen LogP contribution >= 0.6 is 0 Å². The van der Waals surface area contributed by atoms with Gasteiger partial charge in [-0.05, 0) is 25.8 Å². The summed E-state index contributed by atoms with van der Waals surface area (Å²) in [7, 11) is 3.14. The number of carbonyl (C=O) groups is 2. The molecule has 1 aliphatic carbocycles. The molecular weight excluding hydrogens is 346 g/mol. The topological polar surface area (TPSA) is 73.9 Å². The average molecular weight is 371 g/mol. The molecule has 1 unspecified atom stereocenters. The Balaban J connectivity index is 2.10. The normalized spacial score (nSPS) is 19.5. The fourth-order valence-electron chi connectivity index (χ4n) is 3.77. The molecule has 144 valence electrons. The smallest absolute Gasteiger partial charge is 0.336 e. The highest BCUT2D eigenvalue weighted by Crippen LogP contribution is 2.45. The summed E-state index contributed by atoms with van der Waals surface area (Å²) >= 11 is 0. The van der Waals surface area contributed by atoms with Crippen LogP contribution in [0.1, 0.15) is 37.7 Å². The quantitative estimate of drug-likeness (QED) is 0.612. The van der Waals surface area contributed by atoms with Gasteiger partial charge in [0.2, 0.25) is 0 Å². The molecule has 1 heterocycles. The van der Waals surface area contributed by atoms with Crippen LogP contribution in [-0.4, -0.2) is 39.2 Å². The summed E-state index contributed by atoms with van der Waals surface area (Å²) in [6.07, 6.45) is 2.08. The monoisotopic (exact) mass is 371 g/mol. The van der Waals surface area contributed by atoms with E-state index in [4.69, 9.17) is 14.2 Å². The van der Waals surface area contributed by atoms with Gasteiger partial charge < -0.3 is 19.5 Å². The van der Waals surface area contributed by atoms with E-state index in [0.29, 0.717) is 35.6 Å². The van der Waals surface area contributed by atoms with Crippen LogP contribution in [-0.2, 0) is 19.1 Å². The van der Waals surface area contributed by atoms with E-state index in [9.17, 15) is 9.59 Å². The van der Waals surface area contributed by atoms with E-state index < -0.39 is 11.9 Å². The van der Waals surface area contributed by atoms with Gasteiger partial charge in [-0.2, -0.15) is 0 Å². The van der Waals surface area contributed by atoms with E-state index in [2.05, 4.69) is 5.32 Å². The first-order valence-electron chi connectivity index (χ1n) is 9.11. The van der Waals surface area contributed by atoms with E-state index in [1.165, 1.54) is 0 Å². The Kier molecular flexibility index (Phi) is 5.96. The average Bonchev–Trinajstić information content (AvgIpc) is 2.67. The lowest BCUT2D eigenvalue weighted by Gasteiger charge is -2.34. The van der Waals surface area contributed by atoms with Crippen LogP contribution in [0.4, 0.5) is 0 Å². The van der Waals surface area contributed by atoms with Crippen molar-refractivity contribution < 1.29 is 23.8 Å². The van der Waals surface area contributed by atoms with Crippen molar-refractivity contribution in [1.82, 2.24) is 5.32 Å². The highest BCUT2D eigenvalue weighted by Gasteiger charge is 2.40. The number of hydrogen-bond donors (Lipinski definition) is 1. The van der Waals surface area contributed by atoms with E-state index in [1.54, 1.807) is 14.2 Å². The molecule has 1 aromatic rings. The van der Waals surface area contributed by atoms with Crippen LogP contribution in [0.3, 0.4) is 0 Å². The Labute approximate surface area is 159 Å². The summed E-state index contributed by atoms with van der Waals surface area (Å²) in [5.74, 6) is -0.239. The molecule has 0 aromatic heterocycles. The SMILES string of the molecule is COCCOC(=O)C1=C(C)NC2=C(C(=O)CCC2)C1c1ccccc1OC. The lowest BCUT2D eigenvalue weighted by atomic mass is 9.75. The van der Waals surface area contributed by atoms with E-state index >= 15 is 0 Å². The summed E-state index contributed by atoms with van der Waals surface area (Å²) in [6.45, 7) is 2.32. The first-order valence-corrected chi connectivity index (χ1v) is 9.11. The van der Waals surface area contributed by atoms with Crippen LogP contribution < -0.4 is 10.1 Å². The number of para-hydroxylation sites is 1. The van der Waals surface area contributed by atoms with Crippen LogP contribution in [0, 0.1) is 0 Å². The maximum absolute atomic E-state index is 12.9. The molecule has 1 aliphatic heterocycles. The number of esters is 1. The fraction of sp³-hybridized carbons (Fsp3) is 0.429. The molecule has 1 aromatic carbocycles. The van der Waals surface area contributed by atoms with Crippen molar-refractivity contribution in [1.29, 1.82) is 0 Å². The lowest BCUT2D eigenvalue weighted by Crippen LogP contribution is -2.34. The van der Waals surface area contributed by atoms with E-state index in [-0.39, 0.29) is 12.4 Å². The number of methoxy groups -OCH3 is 2. The van der Waals surface area contributed by atoms with Crippen molar-refractivity contribution in [2.75, 3.05) is 27.4 Å². The number of dihydropyridines is 1. The highest BCUT2D eigenvalue weighted by molar-refractivity contribution is 6.04. The molecule has 3 rings (SSSR count). The number of Topliss-reactive ketones (excluding diaryl/α,β-unsaturated/α-hetero) is 1. The van der Waals surface area contributed by atoms with Gasteiger partial charge in [0.1, 0.15) is 12.4 Å². The molecule has 6 heteroatoms. The zero-order chi connectivity index (χ0) is 19.4. The van der Waals surface area contributed by atoms with Gasteiger partial charge in [0, 0.05) is 36.1 Å². The molecule has 0 saturated heterocycles. The third-order valence-electron chi connectivity index (χ3n) is 4.97. The number of nitrogens with one attached hydrogen (secondary N) is 1. The van der Waals surface area contributed by atoms with Crippen molar-refractivity contribution in [3.05, 3.63) is 52.4 Å². The molecule has 0 saturated carbocycles. The molecule has 0 fully saturated rings. The van der Waals surface area contributed by atoms with Crippen LogP contribution in [0.25, 0.3) is 0 Å². The van der Waals surface area contributed by atoms with Gasteiger partial charge in [-0.1, -0.05) is 18.2 Å². The predicted octanol–water partition coefficient (Wildman–Crippen LogP) is 2.85. The summed E-state index contributed by atoms with van der Waals surface area (Å²) in [5, 5.41) is 3.27. The van der Waals surface area contributed by atoms with Gasteiger partial charge in [-0.15, -0.1) is 0 Å². The molecule has 2 aliphatic rings. The first kappa shape index (κ1) is 19.2. The van der Waals surface area contributed by atoms with Crippen molar-refractivity contribution in [3.8, 4) is 5.75 Å².